The smallest absolute Gasteiger partial charge is 0.253 e. The van der Waals surface area contributed by atoms with Gasteiger partial charge in [0.1, 0.15) is 133 Å². The van der Waals surface area contributed by atoms with Crippen LogP contribution in [0.5, 0.6) is 0 Å². The third kappa shape index (κ3) is 18.8. The van der Waals surface area contributed by atoms with Crippen molar-refractivity contribution in [2.45, 2.75) is 170 Å². The van der Waals surface area contributed by atoms with E-state index in [1.807, 2.05) is 90.8 Å². The second-order valence-corrected chi connectivity index (χ2v) is 18.0. The van der Waals surface area contributed by atoms with Crippen LogP contribution in [0, 0.1) is 34.6 Å². The van der Waals surface area contributed by atoms with Gasteiger partial charge in [-0.25, -0.2) is 45.7 Å². The lowest BCUT2D eigenvalue weighted by Crippen LogP contribution is -3.00. The third-order valence-electron chi connectivity index (χ3n) is 13.2. The number of ether oxygens (including phenoxy) is 1. The van der Waals surface area contributed by atoms with E-state index in [4.69, 9.17) is 4.74 Å². The average molecular weight is 1110 g/mol. The van der Waals surface area contributed by atoms with E-state index < -0.39 is 12.2 Å². The molecule has 0 saturated carbocycles. The molecular weight excluding hydrogens is 1030 g/mol. The van der Waals surface area contributed by atoms with Crippen molar-refractivity contribution in [3.05, 3.63) is 103 Å². The third-order valence-corrected chi connectivity index (χ3v) is 13.2. The van der Waals surface area contributed by atoms with Crippen molar-refractivity contribution in [1.82, 2.24) is 32.6 Å². The van der Waals surface area contributed by atoms with Crippen LogP contribution in [0.2, 0.25) is 0 Å². The molecule has 7 atom stereocenters. The molecule has 5 aromatic heterocycles. The molecule has 0 aliphatic carbocycles. The van der Waals surface area contributed by atoms with E-state index in [1.165, 1.54) is 0 Å². The van der Waals surface area contributed by atoms with Gasteiger partial charge in [0, 0.05) is 60.6 Å². The molecule has 0 saturated heterocycles. The first-order chi connectivity index (χ1) is 30.4. The van der Waals surface area contributed by atoms with Gasteiger partial charge in [-0.1, -0.05) is 13.8 Å². The fourth-order valence-corrected chi connectivity index (χ4v) is 8.24. The van der Waals surface area contributed by atoms with Crippen LogP contribution in [0.3, 0.4) is 0 Å². The van der Waals surface area contributed by atoms with Gasteiger partial charge in [0.05, 0.1) is 38.6 Å². The fraction of sp³-hybridized carbons (Fsp3) is 0.638. The van der Waals surface area contributed by atoms with E-state index in [0.29, 0.717) is 64.9 Å². The lowest BCUT2D eigenvalue weighted by molar-refractivity contribution is -0.709. The van der Waals surface area contributed by atoms with Crippen molar-refractivity contribution < 1.29 is 122 Å². The summed E-state index contributed by atoms with van der Waals surface area (Å²) in [5.74, 6) is 5.36. The molecule has 6 rings (SSSR count). The Morgan fingerprint density at radius 3 is 1.20 bits per heavy atom. The number of hydrogen-bond donors (Lipinski definition) is 4. The highest BCUT2D eigenvalue weighted by Crippen LogP contribution is 2.14. The zero-order valence-corrected chi connectivity index (χ0v) is 47.6. The van der Waals surface area contributed by atoms with Crippen LogP contribution >= 0.6 is 0 Å². The van der Waals surface area contributed by atoms with Crippen molar-refractivity contribution in [3.8, 4) is 0 Å². The highest BCUT2D eigenvalue weighted by Gasteiger charge is 2.28. The molecule has 70 heavy (non-hydrogen) atoms. The van der Waals surface area contributed by atoms with E-state index in [-0.39, 0.29) is 98.9 Å². The quantitative estimate of drug-likeness (QED) is 0.0506. The van der Waals surface area contributed by atoms with Gasteiger partial charge in [-0.05, 0) is 26.7 Å². The Morgan fingerprint density at radius 1 is 0.500 bits per heavy atom. The van der Waals surface area contributed by atoms with Gasteiger partial charge in [0.2, 0.25) is 0 Å². The summed E-state index contributed by atoms with van der Waals surface area (Å²) in [6.45, 7) is 23.9. The molecule has 4 N–H and O–H groups in total. The minimum atomic E-state index is -0.538. The van der Waals surface area contributed by atoms with Gasteiger partial charge in [0.25, 0.3) is 29.1 Å². The summed E-state index contributed by atoms with van der Waals surface area (Å²) in [6.07, 6.45) is 24.4. The highest BCUT2D eigenvalue weighted by molar-refractivity contribution is 4.94. The molecule has 0 radical (unpaired) electrons. The van der Waals surface area contributed by atoms with E-state index in [0.717, 1.165) is 42.1 Å². The molecule has 23 heteroatoms. The first-order valence-corrected chi connectivity index (χ1v) is 23.1. The number of aliphatic hydroxyl groups is 4. The Kier molecular flexibility index (Phi) is 31.7. The van der Waals surface area contributed by atoms with Gasteiger partial charge >= 0.3 is 0 Å². The van der Waals surface area contributed by atoms with Crippen molar-refractivity contribution in [1.29, 1.82) is 0 Å². The van der Waals surface area contributed by atoms with Gasteiger partial charge in [-0.15, -0.1) is 0 Å². The summed E-state index contributed by atoms with van der Waals surface area (Å²) in [5, 5.41) is 41.7. The number of halogens is 6. The minimum absolute atomic E-state index is 0. The number of β-amino-alcohol motifs (C(OH)–C–C–N with tert-alkyl or cyclic N) is 1. The van der Waals surface area contributed by atoms with Crippen molar-refractivity contribution in [2.24, 2.45) is 14.1 Å². The van der Waals surface area contributed by atoms with Crippen LogP contribution in [-0.2, 0) is 71.2 Å². The van der Waals surface area contributed by atoms with Gasteiger partial charge < -0.3 is 109 Å². The second kappa shape index (κ2) is 32.2. The topological polar surface area (TPSA) is 141 Å². The Labute approximate surface area is 454 Å². The van der Waals surface area contributed by atoms with E-state index in [9.17, 15) is 20.4 Å². The Bertz CT molecular complexity index is 2260. The first-order valence-electron chi connectivity index (χ1n) is 23.1. The van der Waals surface area contributed by atoms with Crippen LogP contribution in [0.25, 0.3) is 0 Å². The molecule has 5 aromatic rings. The molecule has 1 aliphatic heterocycles. The predicted molar refractivity (Wildman–Crippen MR) is 241 cm³/mol. The number of hydrogen-bond acceptors (Lipinski definition) is 7. The zero-order chi connectivity index (χ0) is 46.8. The van der Waals surface area contributed by atoms with Gasteiger partial charge in [-0.3, -0.25) is 0 Å². The number of imidazole rings is 5. The normalized spacial score (nSPS) is 15.4. The van der Waals surface area contributed by atoms with Crippen LogP contribution in [0.4, 0.5) is 0 Å². The molecular formula is C47H81Cl6N12O5-. The first kappa shape index (κ1) is 69.0. The summed E-state index contributed by atoms with van der Waals surface area (Å²) in [5.41, 5.74) is 0. The Hall–Kier alpha value is -3.07. The number of rotatable bonds is 22. The molecule has 0 aromatic carbocycles. The summed E-state index contributed by atoms with van der Waals surface area (Å²) in [6, 6.07) is 0. The van der Waals surface area contributed by atoms with E-state index in [1.54, 1.807) is 0 Å². The van der Waals surface area contributed by atoms with Crippen LogP contribution in [0.1, 0.15) is 69.7 Å². The maximum Gasteiger partial charge on any atom is 0.253 e. The lowest BCUT2D eigenvalue weighted by Gasteiger charge is -2.28. The number of aromatic nitrogens is 10. The van der Waals surface area contributed by atoms with Crippen LogP contribution < -0.4 is 97.3 Å². The lowest BCUT2D eigenvalue weighted by atomic mass is 10.2. The van der Waals surface area contributed by atoms with Crippen molar-refractivity contribution >= 4 is 0 Å². The molecule has 0 bridgehead atoms. The number of nitrogens with zero attached hydrogens (tertiary/aromatic N) is 12. The summed E-state index contributed by atoms with van der Waals surface area (Å²) in [4.78, 5) is 4.27. The monoisotopic (exact) mass is 1100 g/mol. The van der Waals surface area contributed by atoms with E-state index in [2.05, 4.69) is 123 Å². The summed E-state index contributed by atoms with van der Waals surface area (Å²) < 4.78 is 28.0. The predicted octanol–water partition coefficient (Wildman–Crippen LogP) is -17.3. The Balaban J connectivity index is 0. The molecule has 1 aliphatic rings. The summed E-state index contributed by atoms with van der Waals surface area (Å²) in [7, 11) is 6.06. The largest absolute Gasteiger partial charge is 1.00 e. The average Bonchev–Trinajstić information content (AvgIpc) is 4.10. The van der Waals surface area contributed by atoms with Gasteiger partial charge in [0.15, 0.2) is 0 Å². The van der Waals surface area contributed by atoms with Crippen LogP contribution in [-0.4, -0.2) is 109 Å². The molecule has 0 fully saturated rings. The summed E-state index contributed by atoms with van der Waals surface area (Å²) >= 11 is 0. The Morgan fingerprint density at radius 2 is 0.857 bits per heavy atom. The van der Waals surface area contributed by atoms with E-state index >= 15 is 0 Å². The number of aryl methyl sites for hydroxylation is 2. The SMILES string of the molecule is CCC(O)CN1C=CN(C)C1C.CCC(O)C[n+]1ccn(CC(Cn2cc[n+](CC(O)Cn3cc[n+](C)c3C)c2C)OC(C)Cn2cc[n+](CC(O)Cn3cc[n+](C)c3C)c2C)c1C.[Cl-].[Cl-].[Cl-].[Cl-].[Cl-].[Cl-]. The fourth-order valence-electron chi connectivity index (χ4n) is 8.24. The molecule has 6 heterocycles. The van der Waals surface area contributed by atoms with Crippen molar-refractivity contribution in [3.63, 3.8) is 0 Å². The molecule has 0 amide bonds. The maximum atomic E-state index is 11.0. The molecule has 7 unspecified atom stereocenters. The second-order valence-electron chi connectivity index (χ2n) is 18.0. The molecule has 402 valence electrons. The number of aliphatic hydroxyl groups excluding tert-OH is 4. The van der Waals surface area contributed by atoms with Gasteiger partial charge in [-0.2, -0.15) is 0 Å². The standard InChI is InChI=1S/C38H63N10O4.C9H18N2O.6ClH/c1-10-35(49)22-44-17-19-47(33(44)6)27-38(28-48-20-18-46(34(48)7)26-37(51)24-43-14-12-40(9)31(43)4)52-29(2)21-41-15-16-45(32(41)5)25-36(50)23-42-13-11-39(8)30(42)3;1-4-9(12)7-11-6-5-10(3)8(11)2;;;;;;/h11-20,29,35-38,49-51H,10,21-28H2,1-9H3;5-6,8-9,12H,4,7H2,1-3H3;6*1H/q+5;;;;;;;/p-6. The molecule has 17 nitrogen and oxygen atoms in total. The van der Waals surface area contributed by atoms with Crippen molar-refractivity contribution in [2.75, 3.05) is 13.6 Å². The maximum absolute atomic E-state index is 11.0. The molecule has 0 spiro atoms. The highest BCUT2D eigenvalue weighted by atomic mass is 35.5. The minimum Gasteiger partial charge on any atom is -1.00 e. The van der Waals surface area contributed by atoms with Crippen LogP contribution in [0.15, 0.2) is 74.4 Å². The zero-order valence-electron chi connectivity index (χ0n) is 43.1.